The summed E-state index contributed by atoms with van der Waals surface area (Å²) in [5, 5.41) is 13.7. The van der Waals surface area contributed by atoms with Crippen molar-refractivity contribution >= 4 is 28.5 Å². The molecule has 2 aromatic rings. The number of hydrogen-bond acceptors (Lipinski definition) is 4. The van der Waals surface area contributed by atoms with Crippen LogP contribution in [0.1, 0.15) is 18.9 Å². The Bertz CT molecular complexity index is 545. The number of benzene rings is 1. The second-order valence-corrected chi connectivity index (χ2v) is 6.00. The van der Waals surface area contributed by atoms with E-state index in [1.54, 1.807) is 0 Å². The topological polar surface area (TPSA) is 45.2 Å². The monoisotopic (exact) mass is 276 g/mol. The van der Waals surface area contributed by atoms with Crippen LogP contribution in [-0.4, -0.2) is 29.0 Å². The molecule has 1 aromatic carbocycles. The first-order chi connectivity index (χ1) is 9.24. The average Bonchev–Trinajstić information content (AvgIpc) is 2.44. The molecule has 19 heavy (non-hydrogen) atoms. The van der Waals surface area contributed by atoms with Crippen molar-refractivity contribution in [3.05, 3.63) is 35.9 Å². The predicted octanol–water partition coefficient (Wildman–Crippen LogP) is 3.28. The van der Waals surface area contributed by atoms with Crippen molar-refractivity contribution in [1.29, 1.82) is 0 Å². The fraction of sp³-hybridized carbons (Fsp3) is 0.400. The average molecular weight is 276 g/mol. The molecule has 0 radical (unpaired) electrons. The van der Waals surface area contributed by atoms with Gasteiger partial charge in [-0.05, 0) is 18.6 Å². The van der Waals surface area contributed by atoms with E-state index in [1.807, 2.05) is 37.0 Å². The summed E-state index contributed by atoms with van der Waals surface area (Å²) in [4.78, 5) is 4.64. The van der Waals surface area contributed by atoms with Crippen molar-refractivity contribution in [3.63, 3.8) is 0 Å². The number of rotatable bonds is 6. The fourth-order valence-corrected chi connectivity index (χ4v) is 2.94. The lowest BCUT2D eigenvalue weighted by Crippen LogP contribution is -2.02. The lowest BCUT2D eigenvalue weighted by molar-refractivity contribution is 0.289. The van der Waals surface area contributed by atoms with Gasteiger partial charge in [0.2, 0.25) is 0 Å². The number of aromatic nitrogens is 1. The summed E-state index contributed by atoms with van der Waals surface area (Å²) in [6.07, 6.45) is 0.834. The Morgan fingerprint density at radius 3 is 2.89 bits per heavy atom. The summed E-state index contributed by atoms with van der Waals surface area (Å²) in [6.45, 7) is 2.40. The van der Waals surface area contributed by atoms with Gasteiger partial charge in [0.25, 0.3) is 0 Å². The van der Waals surface area contributed by atoms with E-state index >= 15 is 0 Å². The van der Waals surface area contributed by atoms with Gasteiger partial charge in [-0.1, -0.05) is 25.1 Å². The number of nitrogens with zero attached hydrogens (tertiary/aromatic N) is 1. The van der Waals surface area contributed by atoms with Crippen LogP contribution >= 0.6 is 11.8 Å². The number of aliphatic hydroxyl groups excluding tert-OH is 1. The first-order valence-corrected chi connectivity index (χ1v) is 7.58. The van der Waals surface area contributed by atoms with Gasteiger partial charge in [0.1, 0.15) is 5.82 Å². The zero-order chi connectivity index (χ0) is 13.7. The number of fused-ring (bicyclic) bond motifs is 1. The van der Waals surface area contributed by atoms with Crippen molar-refractivity contribution < 1.29 is 5.11 Å². The molecule has 4 heteroatoms. The summed E-state index contributed by atoms with van der Waals surface area (Å²) in [5.41, 5.74) is 2.24. The molecular weight excluding hydrogens is 256 g/mol. The molecule has 1 atom stereocenters. The van der Waals surface area contributed by atoms with Crippen LogP contribution in [0.2, 0.25) is 0 Å². The predicted molar refractivity (Wildman–Crippen MR) is 83.7 cm³/mol. The van der Waals surface area contributed by atoms with Crippen LogP contribution in [0.25, 0.3) is 10.9 Å². The Morgan fingerprint density at radius 2 is 2.16 bits per heavy atom. The Labute approximate surface area is 118 Å². The number of thioether (sulfide) groups is 1. The molecule has 0 saturated heterocycles. The summed E-state index contributed by atoms with van der Waals surface area (Å²) in [7, 11) is 1.91. The largest absolute Gasteiger partial charge is 0.396 e. The molecule has 102 valence electrons. The van der Waals surface area contributed by atoms with Gasteiger partial charge < -0.3 is 10.4 Å². The maximum Gasteiger partial charge on any atom is 0.130 e. The van der Waals surface area contributed by atoms with E-state index in [-0.39, 0.29) is 6.61 Å². The third-order valence-electron chi connectivity index (χ3n) is 3.10. The third-order valence-corrected chi connectivity index (χ3v) is 4.38. The smallest absolute Gasteiger partial charge is 0.130 e. The van der Waals surface area contributed by atoms with Crippen LogP contribution in [0.3, 0.4) is 0 Å². The van der Waals surface area contributed by atoms with Crippen LogP contribution in [0, 0.1) is 0 Å². The minimum absolute atomic E-state index is 0.253. The second kappa shape index (κ2) is 6.78. The van der Waals surface area contributed by atoms with E-state index in [1.165, 1.54) is 10.9 Å². The van der Waals surface area contributed by atoms with Crippen molar-refractivity contribution in [2.75, 3.05) is 19.0 Å². The van der Waals surface area contributed by atoms with Gasteiger partial charge in [-0.2, -0.15) is 11.8 Å². The van der Waals surface area contributed by atoms with E-state index in [9.17, 15) is 0 Å². The Morgan fingerprint density at radius 1 is 1.37 bits per heavy atom. The van der Waals surface area contributed by atoms with Gasteiger partial charge in [0.05, 0.1) is 5.52 Å². The highest BCUT2D eigenvalue weighted by molar-refractivity contribution is 7.99. The number of pyridine rings is 1. The van der Waals surface area contributed by atoms with Gasteiger partial charge in [-0.3, -0.25) is 0 Å². The maximum absolute atomic E-state index is 8.94. The molecule has 3 nitrogen and oxygen atoms in total. The molecule has 1 aromatic heterocycles. The molecule has 0 aliphatic rings. The lowest BCUT2D eigenvalue weighted by atomic mass is 10.1. The highest BCUT2D eigenvalue weighted by Gasteiger charge is 2.08. The minimum Gasteiger partial charge on any atom is -0.396 e. The number of para-hydroxylation sites is 1. The Balaban J connectivity index is 2.21. The summed E-state index contributed by atoms with van der Waals surface area (Å²) < 4.78 is 0. The summed E-state index contributed by atoms with van der Waals surface area (Å²) >= 11 is 1.85. The quantitative estimate of drug-likeness (QED) is 0.850. The Hall–Kier alpha value is -1.26. The van der Waals surface area contributed by atoms with Gasteiger partial charge >= 0.3 is 0 Å². The van der Waals surface area contributed by atoms with E-state index in [2.05, 4.69) is 29.4 Å². The van der Waals surface area contributed by atoms with E-state index < -0.39 is 0 Å². The van der Waals surface area contributed by atoms with E-state index in [0.717, 1.165) is 23.5 Å². The fourth-order valence-electron chi connectivity index (χ4n) is 1.98. The maximum atomic E-state index is 8.94. The molecule has 0 saturated carbocycles. The second-order valence-electron chi connectivity index (χ2n) is 4.57. The molecule has 0 aliphatic heterocycles. The highest BCUT2D eigenvalue weighted by Crippen LogP contribution is 2.26. The first-order valence-electron chi connectivity index (χ1n) is 6.53. The van der Waals surface area contributed by atoms with E-state index in [0.29, 0.717) is 5.25 Å². The molecule has 0 aliphatic carbocycles. The molecular formula is C15H20N2OS. The van der Waals surface area contributed by atoms with E-state index in [4.69, 9.17) is 5.11 Å². The van der Waals surface area contributed by atoms with Crippen LogP contribution in [0.4, 0.5) is 5.82 Å². The molecule has 0 amide bonds. The van der Waals surface area contributed by atoms with Crippen molar-refractivity contribution in [2.45, 2.75) is 24.3 Å². The van der Waals surface area contributed by atoms with Crippen LogP contribution in [0.15, 0.2) is 30.3 Å². The molecule has 0 bridgehead atoms. The van der Waals surface area contributed by atoms with Crippen molar-refractivity contribution in [3.8, 4) is 0 Å². The standard InChI is InChI=1S/C15H20N2OS/c1-11(7-8-18)19-10-13-9-12-5-3-4-6-14(12)17-15(13)16-2/h3-6,9,11,18H,7-8,10H2,1-2H3,(H,16,17). The summed E-state index contributed by atoms with van der Waals surface area (Å²) in [6, 6.07) is 10.4. The minimum atomic E-state index is 0.253. The molecule has 0 spiro atoms. The molecule has 1 heterocycles. The zero-order valence-electron chi connectivity index (χ0n) is 11.4. The lowest BCUT2D eigenvalue weighted by Gasteiger charge is -2.13. The van der Waals surface area contributed by atoms with Crippen LogP contribution in [0.5, 0.6) is 0 Å². The van der Waals surface area contributed by atoms with Crippen molar-refractivity contribution in [2.24, 2.45) is 0 Å². The molecule has 1 unspecified atom stereocenters. The number of nitrogens with one attached hydrogen (secondary N) is 1. The summed E-state index contributed by atoms with van der Waals surface area (Å²) in [5.74, 6) is 1.86. The van der Waals surface area contributed by atoms with Gasteiger partial charge in [0.15, 0.2) is 0 Å². The number of anilines is 1. The third kappa shape index (κ3) is 3.61. The normalized spacial score (nSPS) is 12.6. The van der Waals surface area contributed by atoms with Crippen LogP contribution in [-0.2, 0) is 5.75 Å². The molecule has 0 fully saturated rings. The Kier molecular flexibility index (Phi) is 5.05. The number of aliphatic hydroxyl groups is 1. The zero-order valence-corrected chi connectivity index (χ0v) is 12.2. The SMILES string of the molecule is CNc1nc2ccccc2cc1CSC(C)CCO. The highest BCUT2D eigenvalue weighted by atomic mass is 32.2. The molecule has 2 rings (SSSR count). The van der Waals surface area contributed by atoms with Gasteiger partial charge in [-0.25, -0.2) is 4.98 Å². The molecule has 2 N–H and O–H groups in total. The first kappa shape index (κ1) is 14.2. The van der Waals surface area contributed by atoms with Gasteiger partial charge in [-0.15, -0.1) is 0 Å². The number of hydrogen-bond donors (Lipinski definition) is 2. The van der Waals surface area contributed by atoms with Crippen LogP contribution < -0.4 is 5.32 Å². The van der Waals surface area contributed by atoms with Gasteiger partial charge in [0, 0.05) is 35.6 Å². The van der Waals surface area contributed by atoms with Crippen molar-refractivity contribution in [1.82, 2.24) is 4.98 Å².